The van der Waals surface area contributed by atoms with E-state index < -0.39 is 0 Å². The zero-order chi connectivity index (χ0) is 19.1. The Balaban J connectivity index is 2.10. The second kappa shape index (κ2) is 8.57. The van der Waals surface area contributed by atoms with Gasteiger partial charge in [0, 0.05) is 28.9 Å². The number of carbonyl (C=O) groups is 2. The number of hydrogen-bond donors (Lipinski definition) is 3. The molecule has 0 bridgehead atoms. The number of aryl methyl sites for hydroxylation is 1. The standard InChI is InChI=1S/C19H19FN4O2/c1-12(10-23-22)19-14(11-25)8-16(9-17(19)21)24-18(26)7-4-13-2-5-15(20)6-3-13/h2-3,5-6,8-11H,1,4,7,21-22H2,(H,24,26)/b23-10-. The van der Waals surface area contributed by atoms with Crippen molar-refractivity contribution in [3.05, 3.63) is 65.5 Å². The predicted molar refractivity (Wildman–Crippen MR) is 101 cm³/mol. The third-order valence-electron chi connectivity index (χ3n) is 3.72. The van der Waals surface area contributed by atoms with Gasteiger partial charge in [-0.15, -0.1) is 0 Å². The van der Waals surface area contributed by atoms with Crippen molar-refractivity contribution in [3.63, 3.8) is 0 Å². The van der Waals surface area contributed by atoms with Gasteiger partial charge in [0.2, 0.25) is 5.91 Å². The summed E-state index contributed by atoms with van der Waals surface area (Å²) in [7, 11) is 0. The first-order valence-electron chi connectivity index (χ1n) is 7.80. The minimum atomic E-state index is -0.323. The summed E-state index contributed by atoms with van der Waals surface area (Å²) >= 11 is 0. The van der Waals surface area contributed by atoms with E-state index in [4.69, 9.17) is 11.6 Å². The molecule has 0 aromatic heterocycles. The van der Waals surface area contributed by atoms with Crippen LogP contribution in [-0.4, -0.2) is 18.4 Å². The van der Waals surface area contributed by atoms with Crippen LogP contribution in [0.25, 0.3) is 5.57 Å². The first-order valence-corrected chi connectivity index (χ1v) is 7.80. The van der Waals surface area contributed by atoms with Crippen molar-refractivity contribution in [3.8, 4) is 0 Å². The fourth-order valence-electron chi connectivity index (χ4n) is 2.51. The maximum atomic E-state index is 12.9. The summed E-state index contributed by atoms with van der Waals surface area (Å²) < 4.78 is 12.9. The molecule has 0 aliphatic rings. The molecule has 0 aliphatic heterocycles. The van der Waals surface area contributed by atoms with Crippen LogP contribution in [0.1, 0.15) is 27.9 Å². The number of nitrogens with one attached hydrogen (secondary N) is 1. The van der Waals surface area contributed by atoms with Crippen LogP contribution in [0.4, 0.5) is 15.8 Å². The first kappa shape index (κ1) is 18.9. The Morgan fingerprint density at radius 2 is 1.96 bits per heavy atom. The molecule has 0 atom stereocenters. The maximum absolute atomic E-state index is 12.9. The lowest BCUT2D eigenvalue weighted by molar-refractivity contribution is -0.116. The highest BCUT2D eigenvalue weighted by atomic mass is 19.1. The number of benzene rings is 2. The van der Waals surface area contributed by atoms with E-state index in [0.29, 0.717) is 29.5 Å². The number of amides is 1. The molecule has 2 rings (SSSR count). The molecular formula is C19H19FN4O2. The van der Waals surface area contributed by atoms with Crippen LogP contribution in [-0.2, 0) is 11.2 Å². The molecule has 1 amide bonds. The Labute approximate surface area is 150 Å². The number of anilines is 2. The van der Waals surface area contributed by atoms with Gasteiger partial charge < -0.3 is 16.9 Å². The van der Waals surface area contributed by atoms with Crippen molar-refractivity contribution in [2.45, 2.75) is 12.8 Å². The van der Waals surface area contributed by atoms with Crippen molar-refractivity contribution in [1.29, 1.82) is 0 Å². The Kier molecular flexibility index (Phi) is 6.21. The Morgan fingerprint density at radius 1 is 1.27 bits per heavy atom. The average Bonchev–Trinajstić information content (AvgIpc) is 2.60. The fourth-order valence-corrected chi connectivity index (χ4v) is 2.51. The summed E-state index contributed by atoms with van der Waals surface area (Å²) in [6.07, 6.45) is 2.58. The van der Waals surface area contributed by atoms with Crippen molar-refractivity contribution in [1.82, 2.24) is 0 Å². The highest BCUT2D eigenvalue weighted by Crippen LogP contribution is 2.27. The van der Waals surface area contributed by atoms with Crippen LogP contribution in [0.5, 0.6) is 0 Å². The van der Waals surface area contributed by atoms with E-state index in [0.717, 1.165) is 5.56 Å². The lowest BCUT2D eigenvalue weighted by Crippen LogP contribution is -2.13. The van der Waals surface area contributed by atoms with E-state index in [1.807, 2.05) is 0 Å². The molecule has 0 saturated heterocycles. The van der Waals surface area contributed by atoms with Gasteiger partial charge in [-0.25, -0.2) is 4.39 Å². The summed E-state index contributed by atoms with van der Waals surface area (Å²) in [6, 6.07) is 8.99. The van der Waals surface area contributed by atoms with E-state index in [2.05, 4.69) is 17.0 Å². The number of carbonyl (C=O) groups excluding carboxylic acids is 2. The molecule has 2 aromatic carbocycles. The van der Waals surface area contributed by atoms with Gasteiger partial charge in [-0.3, -0.25) is 9.59 Å². The van der Waals surface area contributed by atoms with E-state index in [-0.39, 0.29) is 29.4 Å². The van der Waals surface area contributed by atoms with E-state index in [1.165, 1.54) is 30.5 Å². The minimum absolute atomic E-state index is 0.205. The smallest absolute Gasteiger partial charge is 0.224 e. The minimum Gasteiger partial charge on any atom is -0.398 e. The van der Waals surface area contributed by atoms with Crippen molar-refractivity contribution >= 4 is 35.4 Å². The molecule has 2 aromatic rings. The summed E-state index contributed by atoms with van der Waals surface area (Å²) in [4.78, 5) is 23.5. The second-order valence-corrected chi connectivity index (χ2v) is 5.63. The van der Waals surface area contributed by atoms with Gasteiger partial charge >= 0.3 is 0 Å². The lowest BCUT2D eigenvalue weighted by Gasteiger charge is -2.12. The molecular weight excluding hydrogens is 335 g/mol. The van der Waals surface area contributed by atoms with Crippen molar-refractivity contribution in [2.24, 2.45) is 10.9 Å². The van der Waals surface area contributed by atoms with E-state index in [1.54, 1.807) is 12.1 Å². The molecule has 5 N–H and O–H groups in total. The van der Waals surface area contributed by atoms with Crippen LogP contribution in [0.15, 0.2) is 48.1 Å². The molecule has 7 heteroatoms. The van der Waals surface area contributed by atoms with Crippen LogP contribution in [0.2, 0.25) is 0 Å². The molecule has 0 aliphatic carbocycles. The van der Waals surface area contributed by atoms with Gasteiger partial charge in [0.05, 0.1) is 6.21 Å². The summed E-state index contributed by atoms with van der Waals surface area (Å²) in [5.74, 6) is 4.52. The molecule has 0 radical (unpaired) electrons. The van der Waals surface area contributed by atoms with Gasteiger partial charge in [0.15, 0.2) is 6.29 Å². The largest absolute Gasteiger partial charge is 0.398 e. The number of allylic oxidation sites excluding steroid dienone is 1. The number of nitrogens with two attached hydrogens (primary N) is 2. The van der Waals surface area contributed by atoms with Gasteiger partial charge in [-0.1, -0.05) is 18.7 Å². The van der Waals surface area contributed by atoms with E-state index >= 15 is 0 Å². The molecule has 6 nitrogen and oxygen atoms in total. The van der Waals surface area contributed by atoms with Gasteiger partial charge in [0.25, 0.3) is 0 Å². The van der Waals surface area contributed by atoms with Crippen LogP contribution in [0, 0.1) is 5.82 Å². The Bertz CT molecular complexity index is 861. The summed E-state index contributed by atoms with van der Waals surface area (Å²) in [5, 5.41) is 6.07. The average molecular weight is 354 g/mol. The zero-order valence-corrected chi connectivity index (χ0v) is 14.0. The highest BCUT2D eigenvalue weighted by molar-refractivity contribution is 6.14. The van der Waals surface area contributed by atoms with Crippen molar-refractivity contribution < 1.29 is 14.0 Å². The number of halogens is 1. The second-order valence-electron chi connectivity index (χ2n) is 5.63. The SMILES string of the molecule is C=C(/C=N\N)c1c(N)cc(NC(=O)CCc2ccc(F)cc2)cc1C=O. The summed E-state index contributed by atoms with van der Waals surface area (Å²) in [6.45, 7) is 3.76. The van der Waals surface area contributed by atoms with Crippen LogP contribution in [0.3, 0.4) is 0 Å². The molecule has 0 saturated carbocycles. The highest BCUT2D eigenvalue weighted by Gasteiger charge is 2.12. The van der Waals surface area contributed by atoms with Gasteiger partial charge in [-0.05, 0) is 41.8 Å². The maximum Gasteiger partial charge on any atom is 0.224 e. The topological polar surface area (TPSA) is 111 Å². The number of nitrogen functional groups attached to an aromatic ring is 1. The molecule has 134 valence electrons. The Morgan fingerprint density at radius 3 is 2.58 bits per heavy atom. The molecule has 0 spiro atoms. The first-order chi connectivity index (χ1) is 12.4. The zero-order valence-electron chi connectivity index (χ0n) is 14.0. The van der Waals surface area contributed by atoms with E-state index in [9.17, 15) is 14.0 Å². The van der Waals surface area contributed by atoms with Crippen LogP contribution < -0.4 is 16.9 Å². The van der Waals surface area contributed by atoms with Crippen molar-refractivity contribution in [2.75, 3.05) is 11.1 Å². The predicted octanol–water partition coefficient (Wildman–Crippen LogP) is 2.75. The summed E-state index contributed by atoms with van der Waals surface area (Å²) in [5.41, 5.74) is 8.57. The third-order valence-corrected chi connectivity index (χ3v) is 3.72. The number of rotatable bonds is 7. The Hall–Kier alpha value is -3.48. The third kappa shape index (κ3) is 4.76. The number of hydrazone groups is 1. The van der Waals surface area contributed by atoms with Gasteiger partial charge in [0.1, 0.15) is 5.82 Å². The van der Waals surface area contributed by atoms with Gasteiger partial charge in [-0.2, -0.15) is 5.10 Å². The lowest BCUT2D eigenvalue weighted by atomic mass is 9.99. The number of nitrogens with zero attached hydrogens (tertiary/aromatic N) is 1. The molecule has 0 heterocycles. The normalized spacial score (nSPS) is 10.7. The fraction of sp³-hybridized carbons (Fsp3) is 0.105. The molecule has 0 fully saturated rings. The quantitative estimate of drug-likeness (QED) is 0.233. The molecule has 26 heavy (non-hydrogen) atoms. The number of hydrogen-bond acceptors (Lipinski definition) is 5. The number of aldehydes is 1. The molecule has 0 unspecified atom stereocenters. The van der Waals surface area contributed by atoms with Crippen LogP contribution >= 0.6 is 0 Å². The monoisotopic (exact) mass is 354 g/mol.